The summed E-state index contributed by atoms with van der Waals surface area (Å²) in [7, 11) is 0. The van der Waals surface area contributed by atoms with E-state index in [1.54, 1.807) is 24.3 Å². The third-order valence-electron chi connectivity index (χ3n) is 3.61. The Morgan fingerprint density at radius 2 is 1.96 bits per heavy atom. The number of nitrogens with zero attached hydrogens (tertiary/aromatic N) is 2. The van der Waals surface area contributed by atoms with Gasteiger partial charge in [0.2, 0.25) is 5.91 Å². The molecule has 0 atom stereocenters. The fraction of sp³-hybridized carbons (Fsp3) is 0.211. The Balaban J connectivity index is 1.47. The molecule has 1 aromatic heterocycles. The van der Waals surface area contributed by atoms with Gasteiger partial charge in [-0.2, -0.15) is 0 Å². The molecule has 6 nitrogen and oxygen atoms in total. The Labute approximate surface area is 166 Å². The minimum absolute atomic E-state index is 0.135. The lowest BCUT2D eigenvalue weighted by Crippen LogP contribution is -2.14. The lowest BCUT2D eigenvalue weighted by atomic mass is 10.1. The van der Waals surface area contributed by atoms with Crippen molar-refractivity contribution < 1.29 is 13.9 Å². The molecule has 0 aliphatic rings. The van der Waals surface area contributed by atoms with E-state index in [0.29, 0.717) is 21.9 Å². The van der Waals surface area contributed by atoms with Crippen LogP contribution in [-0.4, -0.2) is 21.9 Å². The Hall–Kier alpha value is -2.51. The predicted molar refractivity (Wildman–Crippen MR) is 105 cm³/mol. The zero-order valence-electron chi connectivity index (χ0n) is 14.9. The van der Waals surface area contributed by atoms with E-state index in [0.717, 1.165) is 16.8 Å². The van der Waals surface area contributed by atoms with Crippen LogP contribution in [0.4, 0.5) is 5.69 Å². The molecule has 0 radical (unpaired) electrons. The van der Waals surface area contributed by atoms with Gasteiger partial charge in [0, 0.05) is 10.7 Å². The van der Waals surface area contributed by atoms with Crippen LogP contribution in [0.1, 0.15) is 17.0 Å². The summed E-state index contributed by atoms with van der Waals surface area (Å²) < 4.78 is 11.0. The van der Waals surface area contributed by atoms with Gasteiger partial charge in [-0.05, 0) is 49.7 Å². The number of nitrogens with one attached hydrogen (secondary N) is 1. The summed E-state index contributed by atoms with van der Waals surface area (Å²) in [5.41, 5.74) is 2.97. The third kappa shape index (κ3) is 5.74. The Kier molecular flexibility index (Phi) is 6.36. The number of amides is 1. The summed E-state index contributed by atoms with van der Waals surface area (Å²) in [6.07, 6.45) is 0. The monoisotopic (exact) mass is 403 g/mol. The summed E-state index contributed by atoms with van der Waals surface area (Å²) >= 11 is 7.00. The number of rotatable bonds is 7. The van der Waals surface area contributed by atoms with Crippen molar-refractivity contribution in [2.45, 2.75) is 25.7 Å². The smallest absolute Gasteiger partial charge is 0.277 e. The Morgan fingerprint density at radius 3 is 2.70 bits per heavy atom. The molecule has 1 heterocycles. The van der Waals surface area contributed by atoms with Crippen molar-refractivity contribution >= 4 is 35.0 Å². The normalized spacial score (nSPS) is 10.6. The number of hydrogen-bond donors (Lipinski definition) is 1. The SMILES string of the molecule is Cc1ccc(NC(=O)CSc2nnc(COc3ccc(Cl)cc3)o2)c(C)c1. The van der Waals surface area contributed by atoms with Gasteiger partial charge in [-0.25, -0.2) is 0 Å². The molecule has 0 saturated heterocycles. The number of halogens is 1. The minimum atomic E-state index is -0.135. The van der Waals surface area contributed by atoms with Crippen LogP contribution in [0.3, 0.4) is 0 Å². The van der Waals surface area contributed by atoms with Crippen LogP contribution in [0.2, 0.25) is 5.02 Å². The molecule has 3 aromatic rings. The van der Waals surface area contributed by atoms with Crippen LogP contribution in [0.15, 0.2) is 52.1 Å². The van der Waals surface area contributed by atoms with Gasteiger partial charge in [-0.15, -0.1) is 10.2 Å². The molecule has 27 heavy (non-hydrogen) atoms. The highest BCUT2D eigenvalue weighted by Crippen LogP contribution is 2.20. The van der Waals surface area contributed by atoms with Gasteiger partial charge in [-0.1, -0.05) is 41.1 Å². The number of thioether (sulfide) groups is 1. The summed E-state index contributed by atoms with van der Waals surface area (Å²) in [6.45, 7) is 4.11. The second-order valence-corrected chi connectivity index (χ2v) is 7.22. The molecule has 3 rings (SSSR count). The summed E-state index contributed by atoms with van der Waals surface area (Å²) in [6, 6.07) is 12.9. The van der Waals surface area contributed by atoms with E-state index < -0.39 is 0 Å². The van der Waals surface area contributed by atoms with E-state index in [-0.39, 0.29) is 18.3 Å². The molecule has 0 fully saturated rings. The zero-order valence-corrected chi connectivity index (χ0v) is 16.4. The maximum Gasteiger partial charge on any atom is 0.277 e. The third-order valence-corrected chi connectivity index (χ3v) is 4.68. The van der Waals surface area contributed by atoms with Crippen LogP contribution >= 0.6 is 23.4 Å². The summed E-state index contributed by atoms with van der Waals surface area (Å²) in [4.78, 5) is 12.1. The molecule has 1 amide bonds. The molecule has 0 unspecified atom stereocenters. The van der Waals surface area contributed by atoms with Gasteiger partial charge < -0.3 is 14.5 Å². The first-order chi connectivity index (χ1) is 13.0. The molecular weight excluding hydrogens is 386 g/mol. The predicted octanol–water partition coefficient (Wildman–Crippen LogP) is 4.65. The van der Waals surface area contributed by atoms with Crippen molar-refractivity contribution in [1.82, 2.24) is 10.2 Å². The lowest BCUT2D eigenvalue weighted by Gasteiger charge is -2.08. The number of carbonyl (C=O) groups is 1. The van der Waals surface area contributed by atoms with Crippen LogP contribution in [0.5, 0.6) is 5.75 Å². The molecule has 1 N–H and O–H groups in total. The number of aryl methyl sites for hydroxylation is 2. The highest BCUT2D eigenvalue weighted by molar-refractivity contribution is 7.99. The quantitative estimate of drug-likeness (QED) is 0.578. The van der Waals surface area contributed by atoms with E-state index in [1.165, 1.54) is 11.8 Å². The zero-order chi connectivity index (χ0) is 19.2. The minimum Gasteiger partial charge on any atom is -0.484 e. The topological polar surface area (TPSA) is 77.2 Å². The fourth-order valence-electron chi connectivity index (χ4n) is 2.30. The molecule has 140 valence electrons. The van der Waals surface area contributed by atoms with Gasteiger partial charge in [-0.3, -0.25) is 4.79 Å². The Bertz CT molecular complexity index is 928. The molecule has 0 spiro atoms. The lowest BCUT2D eigenvalue weighted by molar-refractivity contribution is -0.113. The van der Waals surface area contributed by atoms with Crippen LogP contribution in [-0.2, 0) is 11.4 Å². The summed E-state index contributed by atoms with van der Waals surface area (Å²) in [5.74, 6) is 1.03. The maximum absolute atomic E-state index is 12.1. The number of hydrogen-bond acceptors (Lipinski definition) is 6. The van der Waals surface area contributed by atoms with Gasteiger partial charge in [0.05, 0.1) is 5.75 Å². The second-order valence-electron chi connectivity index (χ2n) is 5.86. The van der Waals surface area contributed by atoms with Gasteiger partial charge in [0.25, 0.3) is 11.1 Å². The van der Waals surface area contributed by atoms with Gasteiger partial charge >= 0.3 is 0 Å². The van der Waals surface area contributed by atoms with Crippen molar-refractivity contribution in [1.29, 1.82) is 0 Å². The molecule has 2 aromatic carbocycles. The first-order valence-electron chi connectivity index (χ1n) is 8.20. The van der Waals surface area contributed by atoms with Crippen molar-refractivity contribution in [2.24, 2.45) is 0 Å². The van der Waals surface area contributed by atoms with Crippen molar-refractivity contribution in [3.05, 3.63) is 64.5 Å². The van der Waals surface area contributed by atoms with E-state index in [2.05, 4.69) is 15.5 Å². The van der Waals surface area contributed by atoms with Crippen LogP contribution in [0.25, 0.3) is 0 Å². The van der Waals surface area contributed by atoms with Crippen LogP contribution in [0, 0.1) is 13.8 Å². The van der Waals surface area contributed by atoms with E-state index >= 15 is 0 Å². The molecular formula is C19H18ClN3O3S. The highest BCUT2D eigenvalue weighted by atomic mass is 35.5. The van der Waals surface area contributed by atoms with Gasteiger partial charge in [0.1, 0.15) is 5.75 Å². The molecule has 0 aliphatic carbocycles. The van der Waals surface area contributed by atoms with Crippen molar-refractivity contribution in [3.8, 4) is 5.75 Å². The molecule has 0 saturated carbocycles. The molecule has 8 heteroatoms. The first-order valence-corrected chi connectivity index (χ1v) is 9.56. The average molecular weight is 404 g/mol. The number of anilines is 1. The highest BCUT2D eigenvalue weighted by Gasteiger charge is 2.11. The standard InChI is InChI=1S/C19H18ClN3O3S/c1-12-3-8-16(13(2)9-12)21-17(24)11-27-19-23-22-18(26-19)10-25-15-6-4-14(20)5-7-15/h3-9H,10-11H2,1-2H3,(H,21,24). The Morgan fingerprint density at radius 1 is 1.19 bits per heavy atom. The van der Waals surface area contributed by atoms with Crippen LogP contribution < -0.4 is 10.1 Å². The largest absolute Gasteiger partial charge is 0.484 e. The fourth-order valence-corrected chi connectivity index (χ4v) is 3.00. The van der Waals surface area contributed by atoms with E-state index in [9.17, 15) is 4.79 Å². The van der Waals surface area contributed by atoms with E-state index in [4.69, 9.17) is 20.8 Å². The van der Waals surface area contributed by atoms with E-state index in [1.807, 2.05) is 32.0 Å². The number of aromatic nitrogens is 2. The maximum atomic E-state index is 12.1. The van der Waals surface area contributed by atoms with Crippen molar-refractivity contribution in [2.75, 3.05) is 11.1 Å². The second kappa shape index (κ2) is 8.92. The number of benzene rings is 2. The molecule has 0 bridgehead atoms. The first kappa shape index (κ1) is 19.3. The average Bonchev–Trinajstić information content (AvgIpc) is 3.10. The summed E-state index contributed by atoms with van der Waals surface area (Å²) in [5, 5.41) is 11.7. The van der Waals surface area contributed by atoms with Gasteiger partial charge in [0.15, 0.2) is 6.61 Å². The van der Waals surface area contributed by atoms with Crippen molar-refractivity contribution in [3.63, 3.8) is 0 Å². The number of ether oxygens (including phenoxy) is 1. The molecule has 0 aliphatic heterocycles. The number of carbonyl (C=O) groups excluding carboxylic acids is 1.